The van der Waals surface area contributed by atoms with Gasteiger partial charge in [-0.05, 0) is 47.9 Å². The number of aliphatic hydroxyl groups is 1. The van der Waals surface area contributed by atoms with Crippen LogP contribution in [0.1, 0.15) is 34.9 Å². The number of rotatable bonds is 3. The highest BCUT2D eigenvalue weighted by Crippen LogP contribution is 2.31. The molecule has 1 atom stereocenters. The smallest absolute Gasteiger partial charge is 0.254 e. The molecule has 5 heteroatoms. The molecule has 3 nitrogen and oxygen atoms in total. The van der Waals surface area contributed by atoms with Crippen LogP contribution in [0, 0.1) is 5.92 Å². The summed E-state index contributed by atoms with van der Waals surface area (Å²) in [7, 11) is 0. The van der Waals surface area contributed by atoms with E-state index in [1.165, 1.54) is 11.3 Å². The Kier molecular flexibility index (Phi) is 4.81. The lowest BCUT2D eigenvalue weighted by Gasteiger charge is -2.34. The van der Waals surface area contributed by atoms with Crippen LogP contribution < -0.4 is 0 Å². The third-order valence-corrected chi connectivity index (χ3v) is 5.19. The summed E-state index contributed by atoms with van der Waals surface area (Å²) in [5.41, 5.74) is 1.66. The Labute approximate surface area is 139 Å². The van der Waals surface area contributed by atoms with E-state index >= 15 is 0 Å². The van der Waals surface area contributed by atoms with Crippen molar-refractivity contribution in [3.8, 4) is 0 Å². The van der Waals surface area contributed by atoms with E-state index in [1.807, 2.05) is 33.9 Å². The minimum atomic E-state index is -0.490. The van der Waals surface area contributed by atoms with E-state index in [0.717, 1.165) is 24.0 Å². The highest BCUT2D eigenvalue weighted by atomic mass is 35.5. The Morgan fingerprint density at radius 1 is 1.23 bits per heavy atom. The molecule has 0 spiro atoms. The number of amides is 1. The third-order valence-electron chi connectivity index (χ3n) is 4.25. The first-order chi connectivity index (χ1) is 10.6. The van der Waals surface area contributed by atoms with Crippen LogP contribution in [0.25, 0.3) is 0 Å². The Hall–Kier alpha value is -1.36. The maximum atomic E-state index is 12.3. The van der Waals surface area contributed by atoms with E-state index in [2.05, 4.69) is 0 Å². The Bertz CT molecular complexity index is 619. The van der Waals surface area contributed by atoms with Gasteiger partial charge in [0.25, 0.3) is 5.91 Å². The van der Waals surface area contributed by atoms with E-state index in [0.29, 0.717) is 18.1 Å². The second-order valence-electron chi connectivity index (χ2n) is 5.64. The van der Waals surface area contributed by atoms with Gasteiger partial charge in [-0.15, -0.1) is 0 Å². The van der Waals surface area contributed by atoms with Gasteiger partial charge in [0, 0.05) is 23.5 Å². The van der Waals surface area contributed by atoms with Gasteiger partial charge in [0.05, 0.1) is 11.7 Å². The van der Waals surface area contributed by atoms with E-state index in [4.69, 9.17) is 11.6 Å². The summed E-state index contributed by atoms with van der Waals surface area (Å²) in [6.45, 7) is 1.40. The van der Waals surface area contributed by atoms with Crippen molar-refractivity contribution in [1.82, 2.24) is 4.90 Å². The van der Waals surface area contributed by atoms with Crippen LogP contribution in [0.15, 0.2) is 41.1 Å². The molecule has 1 aromatic heterocycles. The fourth-order valence-electron chi connectivity index (χ4n) is 2.92. The van der Waals surface area contributed by atoms with Gasteiger partial charge >= 0.3 is 0 Å². The van der Waals surface area contributed by atoms with Crippen molar-refractivity contribution in [3.63, 3.8) is 0 Å². The van der Waals surface area contributed by atoms with Crippen molar-refractivity contribution < 1.29 is 9.90 Å². The third kappa shape index (κ3) is 3.35. The summed E-state index contributed by atoms with van der Waals surface area (Å²) in [4.78, 5) is 14.2. The highest BCUT2D eigenvalue weighted by molar-refractivity contribution is 7.08. The van der Waals surface area contributed by atoms with Gasteiger partial charge < -0.3 is 10.0 Å². The molecule has 3 rings (SSSR count). The molecular weight excluding hydrogens is 318 g/mol. The van der Waals surface area contributed by atoms with Gasteiger partial charge in [-0.25, -0.2) is 0 Å². The second-order valence-corrected chi connectivity index (χ2v) is 6.85. The minimum Gasteiger partial charge on any atom is -0.388 e. The summed E-state index contributed by atoms with van der Waals surface area (Å²) in [5, 5.41) is 15.0. The number of hydrogen-bond donors (Lipinski definition) is 1. The molecule has 1 N–H and O–H groups in total. The zero-order valence-electron chi connectivity index (χ0n) is 12.1. The van der Waals surface area contributed by atoms with Crippen molar-refractivity contribution in [1.29, 1.82) is 0 Å². The first-order valence-corrected chi connectivity index (χ1v) is 8.72. The largest absolute Gasteiger partial charge is 0.388 e. The van der Waals surface area contributed by atoms with Crippen LogP contribution in [0.5, 0.6) is 0 Å². The molecule has 2 heterocycles. The number of nitrogens with zero attached hydrogens (tertiary/aromatic N) is 1. The van der Waals surface area contributed by atoms with Crippen molar-refractivity contribution in [2.24, 2.45) is 5.92 Å². The number of halogens is 1. The van der Waals surface area contributed by atoms with Gasteiger partial charge in [-0.3, -0.25) is 4.79 Å². The van der Waals surface area contributed by atoms with Crippen LogP contribution in [0.4, 0.5) is 0 Å². The predicted molar refractivity (Wildman–Crippen MR) is 89.4 cm³/mol. The molecule has 1 aliphatic heterocycles. The molecule has 1 aliphatic rings. The molecule has 1 saturated heterocycles. The first-order valence-electron chi connectivity index (χ1n) is 7.40. The molecule has 1 aromatic carbocycles. The lowest BCUT2D eigenvalue weighted by molar-refractivity contribution is 0.0462. The summed E-state index contributed by atoms with van der Waals surface area (Å²) in [5.74, 6) is 0.286. The SMILES string of the molecule is O=C(c1ccsc1)N1CCC([C@@H](O)c2ccc(Cl)cc2)CC1. The average molecular weight is 336 g/mol. The summed E-state index contributed by atoms with van der Waals surface area (Å²) in [6, 6.07) is 9.21. The second kappa shape index (κ2) is 6.82. The summed E-state index contributed by atoms with van der Waals surface area (Å²) in [6.07, 6.45) is 1.15. The molecule has 1 amide bonds. The number of carbonyl (C=O) groups is 1. The zero-order valence-corrected chi connectivity index (χ0v) is 13.7. The maximum absolute atomic E-state index is 12.3. The maximum Gasteiger partial charge on any atom is 0.254 e. The average Bonchev–Trinajstić information content (AvgIpc) is 3.09. The Morgan fingerprint density at radius 2 is 1.91 bits per heavy atom. The number of piperidine rings is 1. The van der Waals surface area contributed by atoms with Crippen molar-refractivity contribution >= 4 is 28.8 Å². The fourth-order valence-corrected chi connectivity index (χ4v) is 3.67. The van der Waals surface area contributed by atoms with E-state index in [9.17, 15) is 9.90 Å². The van der Waals surface area contributed by atoms with E-state index < -0.39 is 6.10 Å². The number of thiophene rings is 1. The van der Waals surface area contributed by atoms with Crippen LogP contribution in [-0.2, 0) is 0 Å². The lowest BCUT2D eigenvalue weighted by atomic mass is 9.87. The molecule has 116 valence electrons. The van der Waals surface area contributed by atoms with Crippen LogP contribution in [0.2, 0.25) is 5.02 Å². The van der Waals surface area contributed by atoms with Crippen molar-refractivity contribution in [2.75, 3.05) is 13.1 Å². The van der Waals surface area contributed by atoms with Crippen LogP contribution in [0.3, 0.4) is 0 Å². The molecule has 0 aliphatic carbocycles. The molecule has 0 radical (unpaired) electrons. The number of benzene rings is 1. The normalized spacial score (nSPS) is 17.5. The lowest BCUT2D eigenvalue weighted by Crippen LogP contribution is -2.39. The number of aliphatic hydroxyl groups excluding tert-OH is 1. The van der Waals surface area contributed by atoms with E-state index in [-0.39, 0.29) is 11.8 Å². The number of likely N-dealkylation sites (tertiary alicyclic amines) is 1. The van der Waals surface area contributed by atoms with Gasteiger partial charge in [0.1, 0.15) is 0 Å². The van der Waals surface area contributed by atoms with Crippen LogP contribution in [-0.4, -0.2) is 29.0 Å². The first kappa shape index (κ1) is 15.5. The van der Waals surface area contributed by atoms with Gasteiger partial charge in [0.15, 0.2) is 0 Å². The van der Waals surface area contributed by atoms with E-state index in [1.54, 1.807) is 12.1 Å². The molecule has 2 aromatic rings. The molecule has 0 unspecified atom stereocenters. The summed E-state index contributed by atoms with van der Waals surface area (Å²) >= 11 is 7.42. The molecule has 0 saturated carbocycles. The highest BCUT2D eigenvalue weighted by Gasteiger charge is 2.28. The predicted octanol–water partition coefficient (Wildman–Crippen LogP) is 3.99. The standard InChI is InChI=1S/C17H18ClNO2S/c18-15-3-1-12(2-4-15)16(20)13-5-8-19(9-6-13)17(21)14-7-10-22-11-14/h1-4,7,10-11,13,16,20H,5-6,8-9H2/t16-/m0/s1. The molecule has 1 fully saturated rings. The monoisotopic (exact) mass is 335 g/mol. The molecule has 0 bridgehead atoms. The van der Waals surface area contributed by atoms with Crippen molar-refractivity contribution in [3.05, 3.63) is 57.2 Å². The number of hydrogen-bond acceptors (Lipinski definition) is 3. The molecular formula is C17H18ClNO2S. The zero-order chi connectivity index (χ0) is 15.5. The Morgan fingerprint density at radius 3 is 2.50 bits per heavy atom. The number of carbonyl (C=O) groups excluding carboxylic acids is 1. The van der Waals surface area contributed by atoms with Gasteiger partial charge in [-0.1, -0.05) is 23.7 Å². The summed E-state index contributed by atoms with van der Waals surface area (Å²) < 4.78 is 0. The molecule has 22 heavy (non-hydrogen) atoms. The Balaban J connectivity index is 1.59. The topological polar surface area (TPSA) is 40.5 Å². The quantitative estimate of drug-likeness (QED) is 0.921. The van der Waals surface area contributed by atoms with Crippen molar-refractivity contribution in [2.45, 2.75) is 18.9 Å². The van der Waals surface area contributed by atoms with Gasteiger partial charge in [-0.2, -0.15) is 11.3 Å². The fraction of sp³-hybridized carbons (Fsp3) is 0.353. The minimum absolute atomic E-state index is 0.0979. The van der Waals surface area contributed by atoms with Crippen LogP contribution >= 0.6 is 22.9 Å². The van der Waals surface area contributed by atoms with Gasteiger partial charge in [0.2, 0.25) is 0 Å².